The van der Waals surface area contributed by atoms with Crippen molar-refractivity contribution >= 4 is 63.0 Å². The molecule has 192 valence electrons. The molecule has 2 aromatic heterocycles. The Hall–Kier alpha value is -4.24. The summed E-state index contributed by atoms with van der Waals surface area (Å²) in [5.41, 5.74) is 7.93. The fourth-order valence-corrected chi connectivity index (χ4v) is 8.07. The van der Waals surface area contributed by atoms with Crippen LogP contribution < -0.4 is 0 Å². The highest BCUT2D eigenvalue weighted by Crippen LogP contribution is 2.41. The molecular weight excluding hydrogens is 521 g/mol. The molecule has 0 saturated carbocycles. The molecule has 40 heavy (non-hydrogen) atoms. The van der Waals surface area contributed by atoms with Crippen LogP contribution in [0, 0.1) is 13.8 Å². The molecule has 2 heteroatoms. The maximum Gasteiger partial charge on any atom is 0.0433 e. The van der Waals surface area contributed by atoms with Crippen molar-refractivity contribution < 1.29 is 0 Å². The Bertz CT molecular complexity index is 2110. The van der Waals surface area contributed by atoms with Gasteiger partial charge in [-0.15, -0.1) is 22.7 Å². The van der Waals surface area contributed by atoms with Crippen LogP contribution in [0.4, 0.5) is 0 Å². The molecule has 0 N–H and O–H groups in total. The zero-order valence-electron chi connectivity index (χ0n) is 22.5. The van der Waals surface area contributed by atoms with Crippen LogP contribution in [-0.4, -0.2) is 0 Å². The third kappa shape index (κ3) is 4.40. The highest BCUT2D eigenvalue weighted by Gasteiger charge is 2.11. The quantitative estimate of drug-likeness (QED) is 0.201. The molecule has 0 saturated heterocycles. The van der Waals surface area contributed by atoms with E-state index in [-0.39, 0.29) is 0 Å². The molecule has 0 bridgehead atoms. The van der Waals surface area contributed by atoms with Gasteiger partial charge in [-0.3, -0.25) is 0 Å². The van der Waals surface area contributed by atoms with E-state index < -0.39 is 0 Å². The first-order valence-electron chi connectivity index (χ1n) is 13.6. The standard InChI is InChI=1S/2C19H14S/c1-13-7-5-11-16-17-12-6-10-15(19(17)20-18(13)16)14-8-3-2-4-9-14;1-13-6-5-9-17-16-11-10-15(12-18(16)20-19(13)17)14-7-3-2-4-8-14/h2*2-12H,1H3. The summed E-state index contributed by atoms with van der Waals surface area (Å²) in [5, 5.41) is 5.50. The SMILES string of the molecule is Cc1cccc2c1sc1c(-c3ccccc3)cccc12.Cc1cccc2c1sc1cc(-c3ccccc3)ccc12. The maximum atomic E-state index is 2.31. The second-order valence-corrected chi connectivity index (χ2v) is 12.3. The summed E-state index contributed by atoms with van der Waals surface area (Å²) in [5.74, 6) is 0. The van der Waals surface area contributed by atoms with Crippen LogP contribution in [0.5, 0.6) is 0 Å². The van der Waals surface area contributed by atoms with E-state index in [0.717, 1.165) is 0 Å². The van der Waals surface area contributed by atoms with Gasteiger partial charge in [0.05, 0.1) is 0 Å². The first-order valence-corrected chi connectivity index (χ1v) is 15.2. The molecule has 0 fully saturated rings. The second-order valence-electron chi connectivity index (χ2n) is 10.2. The highest BCUT2D eigenvalue weighted by atomic mass is 32.1. The molecular formula is C38H28S2. The van der Waals surface area contributed by atoms with Gasteiger partial charge in [-0.1, -0.05) is 127 Å². The third-order valence-electron chi connectivity index (χ3n) is 7.61. The van der Waals surface area contributed by atoms with Crippen molar-refractivity contribution in [3.8, 4) is 22.3 Å². The van der Waals surface area contributed by atoms with Gasteiger partial charge in [0.15, 0.2) is 0 Å². The average molecular weight is 549 g/mol. The minimum atomic E-state index is 1.28. The summed E-state index contributed by atoms with van der Waals surface area (Å²) in [4.78, 5) is 0. The van der Waals surface area contributed by atoms with Crippen molar-refractivity contribution in [3.05, 3.63) is 145 Å². The number of benzene rings is 6. The van der Waals surface area contributed by atoms with Crippen molar-refractivity contribution in [1.29, 1.82) is 0 Å². The lowest BCUT2D eigenvalue weighted by molar-refractivity contribution is 1.56. The van der Waals surface area contributed by atoms with Crippen LogP contribution >= 0.6 is 22.7 Å². The number of hydrogen-bond donors (Lipinski definition) is 0. The zero-order valence-corrected chi connectivity index (χ0v) is 24.2. The Morgan fingerprint density at radius 1 is 0.375 bits per heavy atom. The topological polar surface area (TPSA) is 0 Å². The van der Waals surface area contributed by atoms with Crippen LogP contribution in [0.1, 0.15) is 11.1 Å². The van der Waals surface area contributed by atoms with E-state index in [1.807, 2.05) is 22.7 Å². The summed E-state index contributed by atoms with van der Waals surface area (Å²) in [6.45, 7) is 4.38. The predicted octanol–water partition coefficient (Wildman–Crippen LogP) is 12.1. The van der Waals surface area contributed by atoms with Crippen LogP contribution in [0.3, 0.4) is 0 Å². The van der Waals surface area contributed by atoms with Gasteiger partial charge >= 0.3 is 0 Å². The van der Waals surface area contributed by atoms with Crippen molar-refractivity contribution in [2.75, 3.05) is 0 Å². The van der Waals surface area contributed by atoms with Crippen LogP contribution in [-0.2, 0) is 0 Å². The molecule has 0 amide bonds. The normalized spacial score (nSPS) is 11.2. The zero-order chi connectivity index (χ0) is 27.1. The third-order valence-corrected chi connectivity index (χ3v) is 10.3. The maximum absolute atomic E-state index is 2.31. The van der Waals surface area contributed by atoms with Crippen LogP contribution in [0.2, 0.25) is 0 Å². The first-order chi connectivity index (χ1) is 19.7. The van der Waals surface area contributed by atoms with Gasteiger partial charge < -0.3 is 0 Å². The lowest BCUT2D eigenvalue weighted by Crippen LogP contribution is -1.76. The van der Waals surface area contributed by atoms with E-state index in [4.69, 9.17) is 0 Å². The van der Waals surface area contributed by atoms with E-state index >= 15 is 0 Å². The molecule has 8 aromatic rings. The van der Waals surface area contributed by atoms with Crippen molar-refractivity contribution in [2.45, 2.75) is 13.8 Å². The van der Waals surface area contributed by atoms with Gasteiger partial charge in [-0.2, -0.15) is 0 Å². The average Bonchev–Trinajstić information content (AvgIpc) is 3.58. The Labute approximate surface area is 242 Å². The summed E-state index contributed by atoms with van der Waals surface area (Å²) in [6, 6.07) is 47.8. The molecule has 2 heterocycles. The Morgan fingerprint density at radius 3 is 1.60 bits per heavy atom. The van der Waals surface area contributed by atoms with Crippen LogP contribution in [0.25, 0.3) is 62.6 Å². The van der Waals surface area contributed by atoms with Gasteiger partial charge in [-0.05, 0) is 53.3 Å². The van der Waals surface area contributed by atoms with Crippen molar-refractivity contribution in [2.24, 2.45) is 0 Å². The minimum Gasteiger partial charge on any atom is -0.135 e. The molecule has 6 aromatic carbocycles. The molecule has 0 aliphatic rings. The molecule has 8 rings (SSSR count). The minimum absolute atomic E-state index is 1.28. The van der Waals surface area contributed by atoms with Crippen LogP contribution in [0.15, 0.2) is 133 Å². The fraction of sp³-hybridized carbons (Fsp3) is 0.0526. The second kappa shape index (κ2) is 10.4. The Balaban J connectivity index is 0.000000132. The number of rotatable bonds is 2. The smallest absolute Gasteiger partial charge is 0.0433 e. The van der Waals surface area contributed by atoms with E-state index in [1.165, 1.54) is 73.7 Å². The first kappa shape index (κ1) is 24.8. The Morgan fingerprint density at radius 2 is 0.925 bits per heavy atom. The van der Waals surface area contributed by atoms with E-state index in [0.29, 0.717) is 0 Å². The van der Waals surface area contributed by atoms with Gasteiger partial charge in [-0.25, -0.2) is 0 Å². The van der Waals surface area contributed by atoms with E-state index in [9.17, 15) is 0 Å². The molecule has 0 nitrogen and oxygen atoms in total. The molecule has 0 aliphatic carbocycles. The largest absolute Gasteiger partial charge is 0.135 e. The highest BCUT2D eigenvalue weighted by molar-refractivity contribution is 7.26. The predicted molar refractivity (Wildman–Crippen MR) is 179 cm³/mol. The van der Waals surface area contributed by atoms with E-state index in [1.54, 1.807) is 0 Å². The number of thiophene rings is 2. The monoisotopic (exact) mass is 548 g/mol. The summed E-state index contributed by atoms with van der Waals surface area (Å²) in [7, 11) is 0. The number of fused-ring (bicyclic) bond motifs is 6. The fourth-order valence-electron chi connectivity index (χ4n) is 5.56. The summed E-state index contributed by atoms with van der Waals surface area (Å²) < 4.78 is 5.58. The molecule has 0 radical (unpaired) electrons. The van der Waals surface area contributed by atoms with E-state index in [2.05, 4.69) is 147 Å². The van der Waals surface area contributed by atoms with Gasteiger partial charge in [0.1, 0.15) is 0 Å². The summed E-state index contributed by atoms with van der Waals surface area (Å²) in [6.07, 6.45) is 0. The van der Waals surface area contributed by atoms with Gasteiger partial charge in [0.25, 0.3) is 0 Å². The molecule has 0 atom stereocenters. The van der Waals surface area contributed by atoms with Crippen molar-refractivity contribution in [1.82, 2.24) is 0 Å². The van der Waals surface area contributed by atoms with Gasteiger partial charge in [0, 0.05) is 40.3 Å². The summed E-state index contributed by atoms with van der Waals surface area (Å²) >= 11 is 3.81. The molecule has 0 aliphatic heterocycles. The van der Waals surface area contributed by atoms with Gasteiger partial charge in [0.2, 0.25) is 0 Å². The van der Waals surface area contributed by atoms with Crippen molar-refractivity contribution in [3.63, 3.8) is 0 Å². The molecule has 0 unspecified atom stereocenters. The lowest BCUT2D eigenvalue weighted by atomic mass is 10.0. The lowest BCUT2D eigenvalue weighted by Gasteiger charge is -2.02. The number of aryl methyl sites for hydroxylation is 2. The Kier molecular flexibility index (Phi) is 6.43. The molecule has 0 spiro atoms. The number of hydrogen-bond acceptors (Lipinski definition) is 2.